The molecule has 1 fully saturated rings. The second-order valence-corrected chi connectivity index (χ2v) is 3.31. The number of allylic oxidation sites excluding steroid dienone is 2. The molecule has 0 spiro atoms. The Morgan fingerprint density at radius 1 is 0.917 bits per heavy atom. The summed E-state index contributed by atoms with van der Waals surface area (Å²) in [6.07, 6.45) is 1.12. The number of carbonyl (C=O) groups is 2. The van der Waals surface area contributed by atoms with Crippen molar-refractivity contribution in [3.63, 3.8) is 0 Å². The molecule has 2 heterocycles. The van der Waals surface area contributed by atoms with Crippen LogP contribution in [0.2, 0.25) is 0 Å². The van der Waals surface area contributed by atoms with Gasteiger partial charge < -0.3 is 9.47 Å². The van der Waals surface area contributed by atoms with Gasteiger partial charge in [0.25, 0.3) is 0 Å². The first kappa shape index (κ1) is 6.22. The third-order valence-corrected chi connectivity index (χ3v) is 2.62. The maximum atomic E-state index is 11.1. The van der Waals surface area contributed by atoms with Gasteiger partial charge in [-0.3, -0.25) is 9.59 Å². The smallest absolute Gasteiger partial charge is 0.317 e. The van der Waals surface area contributed by atoms with Gasteiger partial charge in [0, 0.05) is 12.8 Å². The third-order valence-electron chi connectivity index (χ3n) is 2.62. The number of esters is 2. The van der Waals surface area contributed by atoms with Crippen LogP contribution in [-0.4, -0.2) is 11.9 Å². The van der Waals surface area contributed by atoms with E-state index in [1.165, 1.54) is 0 Å². The van der Waals surface area contributed by atoms with Crippen LogP contribution in [0.1, 0.15) is 12.8 Å². The fourth-order valence-electron chi connectivity index (χ4n) is 1.86. The lowest BCUT2D eigenvalue weighted by Gasteiger charge is -2.08. The minimum atomic E-state index is -0.382. The van der Waals surface area contributed by atoms with Crippen LogP contribution >= 0.6 is 0 Å². The highest BCUT2D eigenvalue weighted by Gasteiger charge is 2.52. The molecular weight excluding hydrogens is 160 g/mol. The number of ether oxygens (including phenoxy) is 2. The maximum Gasteiger partial charge on any atom is 0.317 e. The second-order valence-electron chi connectivity index (χ2n) is 3.31. The van der Waals surface area contributed by atoms with Gasteiger partial charge in [-0.15, -0.1) is 0 Å². The van der Waals surface area contributed by atoms with Gasteiger partial charge in [-0.2, -0.15) is 0 Å². The Kier molecular flexibility index (Phi) is 0.885. The molecule has 0 aromatic carbocycles. The van der Waals surface area contributed by atoms with Crippen LogP contribution in [0.15, 0.2) is 11.5 Å². The fourth-order valence-corrected chi connectivity index (χ4v) is 1.86. The lowest BCUT2D eigenvalue weighted by molar-refractivity contribution is -0.153. The van der Waals surface area contributed by atoms with E-state index in [2.05, 4.69) is 4.74 Å². The van der Waals surface area contributed by atoms with E-state index in [9.17, 15) is 9.59 Å². The van der Waals surface area contributed by atoms with Gasteiger partial charge >= 0.3 is 11.9 Å². The molecule has 0 aromatic rings. The summed E-state index contributed by atoms with van der Waals surface area (Å²) < 4.78 is 9.60. The monoisotopic (exact) mass is 166 g/mol. The molecule has 2 unspecified atom stereocenters. The van der Waals surface area contributed by atoms with Crippen LogP contribution in [0.4, 0.5) is 0 Å². The van der Waals surface area contributed by atoms with Crippen molar-refractivity contribution >= 4 is 11.9 Å². The number of fused-ring (bicyclic) bond motifs is 1. The second kappa shape index (κ2) is 1.71. The van der Waals surface area contributed by atoms with Crippen LogP contribution in [0.3, 0.4) is 0 Å². The zero-order valence-electron chi connectivity index (χ0n) is 6.20. The molecule has 62 valence electrons. The predicted octanol–water partition coefficient (Wildman–Crippen LogP) is 0.338. The van der Waals surface area contributed by atoms with E-state index < -0.39 is 0 Å². The van der Waals surface area contributed by atoms with Crippen molar-refractivity contribution in [3.05, 3.63) is 11.5 Å². The molecule has 12 heavy (non-hydrogen) atoms. The van der Waals surface area contributed by atoms with Crippen molar-refractivity contribution < 1.29 is 19.1 Å². The standard InChI is InChI=1S/C8H6O4/c9-7-3-1-5-6(11-5)2-4(3)8(10)12-7/h3-4H,1-2H2. The predicted molar refractivity (Wildman–Crippen MR) is 35.4 cm³/mol. The minimum absolute atomic E-state index is 0.265. The first-order valence-corrected chi connectivity index (χ1v) is 3.91. The average Bonchev–Trinajstić information content (AvgIpc) is 2.73. The minimum Gasteiger partial charge on any atom is -0.459 e. The van der Waals surface area contributed by atoms with E-state index in [1.54, 1.807) is 0 Å². The topological polar surface area (TPSA) is 55.9 Å². The largest absolute Gasteiger partial charge is 0.459 e. The van der Waals surface area contributed by atoms with Crippen molar-refractivity contribution in [2.45, 2.75) is 12.8 Å². The lowest BCUT2D eigenvalue weighted by Crippen LogP contribution is -2.18. The number of rotatable bonds is 0. The van der Waals surface area contributed by atoms with Crippen LogP contribution in [0.5, 0.6) is 0 Å². The fraction of sp³-hybridized carbons (Fsp3) is 0.500. The molecule has 3 aliphatic rings. The number of hydrogen-bond donors (Lipinski definition) is 0. The van der Waals surface area contributed by atoms with Crippen molar-refractivity contribution in [1.29, 1.82) is 0 Å². The molecule has 3 rings (SSSR count). The molecule has 0 N–H and O–H groups in total. The highest BCUT2D eigenvalue weighted by Crippen LogP contribution is 2.48. The maximum absolute atomic E-state index is 11.1. The van der Waals surface area contributed by atoms with E-state index in [-0.39, 0.29) is 23.8 Å². The van der Waals surface area contributed by atoms with Gasteiger partial charge in [0.1, 0.15) is 11.5 Å². The van der Waals surface area contributed by atoms with Crippen LogP contribution in [-0.2, 0) is 19.1 Å². The van der Waals surface area contributed by atoms with E-state index in [4.69, 9.17) is 4.74 Å². The lowest BCUT2D eigenvalue weighted by atomic mass is 9.85. The molecule has 0 aromatic heterocycles. The molecule has 4 nitrogen and oxygen atoms in total. The van der Waals surface area contributed by atoms with Gasteiger partial charge in [0.05, 0.1) is 11.8 Å². The molecule has 0 amide bonds. The highest BCUT2D eigenvalue weighted by atomic mass is 16.6. The molecule has 1 aliphatic carbocycles. The van der Waals surface area contributed by atoms with Gasteiger partial charge in [-0.25, -0.2) is 0 Å². The van der Waals surface area contributed by atoms with E-state index in [0.717, 1.165) is 11.5 Å². The molecule has 0 radical (unpaired) electrons. The van der Waals surface area contributed by atoms with E-state index >= 15 is 0 Å². The molecule has 1 saturated heterocycles. The number of hydrogen-bond acceptors (Lipinski definition) is 4. The summed E-state index contributed by atoms with van der Waals surface area (Å²) in [5, 5.41) is 0. The zero-order chi connectivity index (χ0) is 8.29. The van der Waals surface area contributed by atoms with Crippen LogP contribution in [0, 0.1) is 11.8 Å². The summed E-state index contributed by atoms with van der Waals surface area (Å²) >= 11 is 0. The number of cyclic esters (lactones) is 2. The molecule has 2 aliphatic heterocycles. The Hall–Kier alpha value is -1.32. The Morgan fingerprint density at radius 3 is 1.92 bits per heavy atom. The van der Waals surface area contributed by atoms with Crippen LogP contribution in [0.25, 0.3) is 0 Å². The Bertz CT molecular complexity index is 298. The Balaban J connectivity index is 1.97. The van der Waals surface area contributed by atoms with Crippen molar-refractivity contribution in [2.24, 2.45) is 11.8 Å². The summed E-state index contributed by atoms with van der Waals surface area (Å²) in [6, 6.07) is 0. The molecule has 4 heteroatoms. The summed E-state index contributed by atoms with van der Waals surface area (Å²) in [5.74, 6) is 0.488. The summed E-state index contributed by atoms with van der Waals surface area (Å²) in [7, 11) is 0. The zero-order valence-corrected chi connectivity index (χ0v) is 6.20. The SMILES string of the molecule is O=C1OC(=O)C2CC3=C(CC12)O3. The van der Waals surface area contributed by atoms with Gasteiger partial charge in [0.15, 0.2) is 0 Å². The van der Waals surface area contributed by atoms with Crippen molar-refractivity contribution in [2.75, 3.05) is 0 Å². The van der Waals surface area contributed by atoms with Gasteiger partial charge in [-0.05, 0) is 0 Å². The summed E-state index contributed by atoms with van der Waals surface area (Å²) in [5.41, 5.74) is 0. The molecule has 0 bridgehead atoms. The highest BCUT2D eigenvalue weighted by molar-refractivity contribution is 5.97. The first-order chi connectivity index (χ1) is 5.75. The molecule has 2 atom stereocenters. The van der Waals surface area contributed by atoms with E-state index in [1.807, 2.05) is 0 Å². The average molecular weight is 166 g/mol. The normalized spacial score (nSPS) is 37.0. The Morgan fingerprint density at radius 2 is 1.42 bits per heavy atom. The molecular formula is C8H6O4. The van der Waals surface area contributed by atoms with Gasteiger partial charge in [-0.1, -0.05) is 0 Å². The Labute approximate surface area is 68.1 Å². The van der Waals surface area contributed by atoms with Crippen molar-refractivity contribution in [1.82, 2.24) is 0 Å². The third kappa shape index (κ3) is 0.622. The quantitative estimate of drug-likeness (QED) is 0.384. The summed E-state index contributed by atoms with van der Waals surface area (Å²) in [4.78, 5) is 22.1. The van der Waals surface area contributed by atoms with E-state index in [0.29, 0.717) is 12.8 Å². The molecule has 0 saturated carbocycles. The number of carbonyl (C=O) groups excluding carboxylic acids is 2. The van der Waals surface area contributed by atoms with Crippen LogP contribution < -0.4 is 0 Å². The van der Waals surface area contributed by atoms with Crippen molar-refractivity contribution in [3.8, 4) is 0 Å². The summed E-state index contributed by atoms with van der Waals surface area (Å²) in [6.45, 7) is 0. The van der Waals surface area contributed by atoms with Gasteiger partial charge in [0.2, 0.25) is 0 Å². The first-order valence-electron chi connectivity index (χ1n) is 3.91.